The van der Waals surface area contributed by atoms with Crippen molar-refractivity contribution in [2.24, 2.45) is 0 Å². The molecule has 0 spiro atoms. The van der Waals surface area contributed by atoms with Gasteiger partial charge in [0, 0.05) is 29.8 Å². The first-order valence-electron chi connectivity index (χ1n) is 8.98. The minimum absolute atomic E-state index is 0.184. The van der Waals surface area contributed by atoms with E-state index in [-0.39, 0.29) is 6.79 Å². The second-order valence-electron chi connectivity index (χ2n) is 6.95. The van der Waals surface area contributed by atoms with Gasteiger partial charge >= 0.3 is 5.97 Å². The molecule has 5 rings (SSSR count). The minimum atomic E-state index is -0.862. The summed E-state index contributed by atoms with van der Waals surface area (Å²) in [5, 5.41) is 9.89. The average molecular weight is 381 g/mol. The van der Waals surface area contributed by atoms with E-state index in [1.165, 1.54) is 0 Å². The molecule has 0 bridgehead atoms. The molecule has 7 heteroatoms. The SMILES string of the molecule is COc1ccc2c(c1OC)CN1C(=C2)c2cc3c(cc2CC1C(=O)O)OCO3. The van der Waals surface area contributed by atoms with E-state index in [9.17, 15) is 9.90 Å². The number of hydrogen-bond acceptors (Lipinski definition) is 6. The molecule has 3 aliphatic rings. The van der Waals surface area contributed by atoms with Gasteiger partial charge in [0.2, 0.25) is 6.79 Å². The Morgan fingerprint density at radius 1 is 1.18 bits per heavy atom. The zero-order valence-corrected chi connectivity index (χ0v) is 15.5. The van der Waals surface area contributed by atoms with Crippen LogP contribution in [0.4, 0.5) is 0 Å². The first-order chi connectivity index (χ1) is 13.6. The summed E-state index contributed by atoms with van der Waals surface area (Å²) < 4.78 is 22.0. The average Bonchev–Trinajstić information content (AvgIpc) is 3.16. The number of rotatable bonds is 3. The second-order valence-corrected chi connectivity index (χ2v) is 6.95. The number of hydrogen-bond donors (Lipinski definition) is 1. The first kappa shape index (κ1) is 16.8. The van der Waals surface area contributed by atoms with E-state index < -0.39 is 12.0 Å². The van der Waals surface area contributed by atoms with Crippen molar-refractivity contribution >= 4 is 17.7 Å². The minimum Gasteiger partial charge on any atom is -0.493 e. The first-order valence-corrected chi connectivity index (χ1v) is 8.98. The molecule has 1 N–H and O–H groups in total. The van der Waals surface area contributed by atoms with Gasteiger partial charge in [0.1, 0.15) is 6.04 Å². The molecule has 144 valence electrons. The van der Waals surface area contributed by atoms with Crippen LogP contribution in [0.15, 0.2) is 24.3 Å². The van der Waals surface area contributed by atoms with Crippen LogP contribution in [-0.4, -0.2) is 43.0 Å². The Bertz CT molecular complexity index is 1030. The maximum atomic E-state index is 12.1. The van der Waals surface area contributed by atoms with Gasteiger partial charge in [0.05, 0.1) is 14.2 Å². The normalized spacial score (nSPS) is 18.6. The van der Waals surface area contributed by atoms with Gasteiger partial charge in [-0.15, -0.1) is 0 Å². The second kappa shape index (κ2) is 6.09. The molecule has 1 atom stereocenters. The van der Waals surface area contributed by atoms with Gasteiger partial charge in [-0.3, -0.25) is 0 Å². The third-order valence-corrected chi connectivity index (χ3v) is 5.56. The van der Waals surface area contributed by atoms with Crippen molar-refractivity contribution < 1.29 is 28.8 Å². The highest BCUT2D eigenvalue weighted by atomic mass is 16.7. The number of fused-ring (bicyclic) bond motifs is 5. The number of nitrogens with zero attached hydrogens (tertiary/aromatic N) is 1. The number of methoxy groups -OCH3 is 2. The lowest BCUT2D eigenvalue weighted by Gasteiger charge is -2.41. The molecule has 0 saturated carbocycles. The summed E-state index contributed by atoms with van der Waals surface area (Å²) in [5.74, 6) is 1.76. The number of carboxylic acids is 1. The van der Waals surface area contributed by atoms with Crippen molar-refractivity contribution in [1.82, 2.24) is 4.90 Å². The van der Waals surface area contributed by atoms with Crippen LogP contribution in [0.25, 0.3) is 11.8 Å². The van der Waals surface area contributed by atoms with E-state index in [0.717, 1.165) is 28.0 Å². The molecule has 0 radical (unpaired) electrons. The predicted molar refractivity (Wildman–Crippen MR) is 101 cm³/mol. The van der Waals surface area contributed by atoms with Crippen LogP contribution in [0, 0.1) is 0 Å². The number of carboxylic acid groups (broad SMARTS) is 1. The van der Waals surface area contributed by atoms with Crippen molar-refractivity contribution in [1.29, 1.82) is 0 Å². The summed E-state index contributed by atoms with van der Waals surface area (Å²) in [6, 6.07) is 7.00. The quantitative estimate of drug-likeness (QED) is 0.876. The third-order valence-electron chi connectivity index (χ3n) is 5.56. The van der Waals surface area contributed by atoms with E-state index in [0.29, 0.717) is 36.0 Å². The molecular formula is C21H19NO6. The van der Waals surface area contributed by atoms with Crippen LogP contribution in [0.5, 0.6) is 23.0 Å². The van der Waals surface area contributed by atoms with Crippen molar-refractivity contribution in [2.45, 2.75) is 19.0 Å². The Morgan fingerprint density at radius 3 is 2.68 bits per heavy atom. The largest absolute Gasteiger partial charge is 0.493 e. The Hall–Kier alpha value is -3.35. The van der Waals surface area contributed by atoms with E-state index in [1.54, 1.807) is 14.2 Å². The lowest BCUT2D eigenvalue weighted by molar-refractivity contribution is -0.142. The summed E-state index contributed by atoms with van der Waals surface area (Å²) in [6.45, 7) is 0.607. The topological polar surface area (TPSA) is 77.5 Å². The molecule has 0 aromatic heterocycles. The van der Waals surface area contributed by atoms with Gasteiger partial charge in [-0.25, -0.2) is 4.79 Å². The molecule has 2 aromatic rings. The van der Waals surface area contributed by atoms with Crippen molar-refractivity contribution in [2.75, 3.05) is 21.0 Å². The zero-order chi connectivity index (χ0) is 19.4. The van der Waals surface area contributed by atoms with Crippen LogP contribution in [0.1, 0.15) is 22.3 Å². The maximum absolute atomic E-state index is 12.1. The number of carbonyl (C=O) groups is 1. The van der Waals surface area contributed by atoms with E-state index in [2.05, 4.69) is 0 Å². The molecule has 3 aliphatic heterocycles. The van der Waals surface area contributed by atoms with Crippen LogP contribution in [-0.2, 0) is 17.8 Å². The molecular weight excluding hydrogens is 362 g/mol. The van der Waals surface area contributed by atoms with Gasteiger partial charge in [-0.2, -0.15) is 0 Å². The molecule has 1 unspecified atom stereocenters. The predicted octanol–water partition coefficient (Wildman–Crippen LogP) is 2.76. The van der Waals surface area contributed by atoms with Gasteiger partial charge in [0.15, 0.2) is 23.0 Å². The van der Waals surface area contributed by atoms with Crippen molar-refractivity contribution in [3.05, 3.63) is 46.5 Å². The van der Waals surface area contributed by atoms with Gasteiger partial charge in [-0.1, -0.05) is 6.07 Å². The zero-order valence-electron chi connectivity index (χ0n) is 15.5. The van der Waals surface area contributed by atoms with Crippen LogP contribution < -0.4 is 18.9 Å². The number of aliphatic carboxylic acids is 1. The maximum Gasteiger partial charge on any atom is 0.326 e. The number of ether oxygens (including phenoxy) is 4. The Morgan fingerprint density at radius 2 is 1.96 bits per heavy atom. The van der Waals surface area contributed by atoms with E-state index >= 15 is 0 Å². The third kappa shape index (κ3) is 2.32. The summed E-state index contributed by atoms with van der Waals surface area (Å²) in [6.07, 6.45) is 2.40. The van der Waals surface area contributed by atoms with Crippen LogP contribution >= 0.6 is 0 Å². The van der Waals surface area contributed by atoms with Crippen LogP contribution in [0.2, 0.25) is 0 Å². The lowest BCUT2D eigenvalue weighted by Crippen LogP contribution is -2.45. The summed E-state index contributed by atoms with van der Waals surface area (Å²) in [4.78, 5) is 14.0. The van der Waals surface area contributed by atoms with Crippen molar-refractivity contribution in [3.8, 4) is 23.0 Å². The monoisotopic (exact) mass is 381 g/mol. The summed E-state index contributed by atoms with van der Waals surface area (Å²) >= 11 is 0. The lowest BCUT2D eigenvalue weighted by atomic mass is 9.86. The molecule has 3 heterocycles. The molecule has 0 aliphatic carbocycles. The van der Waals surface area contributed by atoms with Crippen LogP contribution in [0.3, 0.4) is 0 Å². The molecule has 0 saturated heterocycles. The fraction of sp³-hybridized carbons (Fsp3) is 0.286. The Balaban J connectivity index is 1.72. The fourth-order valence-corrected chi connectivity index (χ4v) is 4.23. The summed E-state index contributed by atoms with van der Waals surface area (Å²) in [7, 11) is 3.19. The Labute approximate surface area is 161 Å². The molecule has 0 amide bonds. The standard InChI is InChI=1S/C21H19NO6/c1-25-17-4-3-11-5-15-13-8-19-18(27-10-28-19)7-12(13)6-16(21(23)24)22(15)9-14(11)20(17)26-2/h3-5,7-8,16H,6,9-10H2,1-2H3,(H,23,24). The van der Waals surface area contributed by atoms with Crippen molar-refractivity contribution in [3.63, 3.8) is 0 Å². The van der Waals surface area contributed by atoms with E-state index in [1.807, 2.05) is 35.2 Å². The van der Waals surface area contributed by atoms with E-state index in [4.69, 9.17) is 18.9 Å². The highest BCUT2D eigenvalue weighted by Gasteiger charge is 2.38. The molecule has 2 aromatic carbocycles. The molecule has 7 nitrogen and oxygen atoms in total. The van der Waals surface area contributed by atoms with Gasteiger partial charge < -0.3 is 29.0 Å². The molecule has 28 heavy (non-hydrogen) atoms. The summed E-state index contributed by atoms with van der Waals surface area (Å²) in [5.41, 5.74) is 4.69. The Kier molecular flexibility index (Phi) is 3.65. The number of benzene rings is 2. The smallest absolute Gasteiger partial charge is 0.326 e. The van der Waals surface area contributed by atoms with Gasteiger partial charge in [-0.05, 0) is 35.4 Å². The van der Waals surface area contributed by atoms with Gasteiger partial charge in [0.25, 0.3) is 0 Å². The highest BCUT2D eigenvalue weighted by molar-refractivity contribution is 5.91. The fourth-order valence-electron chi connectivity index (χ4n) is 4.23. The molecule has 0 fully saturated rings. The highest BCUT2D eigenvalue weighted by Crippen LogP contribution is 2.46.